The van der Waals surface area contributed by atoms with Gasteiger partial charge < -0.3 is 14.8 Å². The molecule has 0 atom stereocenters. The summed E-state index contributed by atoms with van der Waals surface area (Å²) in [7, 11) is 0. The van der Waals surface area contributed by atoms with Gasteiger partial charge in [0.05, 0.1) is 16.7 Å². The molecule has 0 unspecified atom stereocenters. The number of nitriles is 1. The van der Waals surface area contributed by atoms with Crippen molar-refractivity contribution in [2.45, 2.75) is 13.5 Å². The van der Waals surface area contributed by atoms with Gasteiger partial charge in [0.1, 0.15) is 29.7 Å². The summed E-state index contributed by atoms with van der Waals surface area (Å²) in [6.07, 6.45) is 1.52. The zero-order chi connectivity index (χ0) is 22.9. The summed E-state index contributed by atoms with van der Waals surface area (Å²) in [5, 5.41) is 13.1. The average Bonchev–Trinajstić information content (AvgIpc) is 2.80. The molecule has 0 aliphatic rings. The van der Waals surface area contributed by atoms with Crippen LogP contribution in [0.25, 0.3) is 6.08 Å². The van der Waals surface area contributed by atoms with Gasteiger partial charge in [-0.1, -0.05) is 41.4 Å². The number of amides is 1. The molecule has 0 fully saturated rings. The van der Waals surface area contributed by atoms with E-state index in [2.05, 4.69) is 5.32 Å². The lowest BCUT2D eigenvalue weighted by Crippen LogP contribution is -2.13. The lowest BCUT2D eigenvalue weighted by molar-refractivity contribution is -0.112. The van der Waals surface area contributed by atoms with Gasteiger partial charge in [-0.25, -0.2) is 0 Å². The maximum atomic E-state index is 12.5. The van der Waals surface area contributed by atoms with Gasteiger partial charge in [-0.15, -0.1) is 0 Å². The number of carbonyl (C=O) groups excluding carboxylic acids is 1. The van der Waals surface area contributed by atoms with Crippen LogP contribution >= 0.6 is 23.2 Å². The first-order valence-corrected chi connectivity index (χ1v) is 10.6. The van der Waals surface area contributed by atoms with Gasteiger partial charge in [0.25, 0.3) is 5.91 Å². The van der Waals surface area contributed by atoms with Crippen LogP contribution in [0.1, 0.15) is 18.1 Å². The zero-order valence-electron chi connectivity index (χ0n) is 17.3. The Hall–Kier alpha value is -3.46. The number of hydrogen-bond acceptors (Lipinski definition) is 4. The monoisotopic (exact) mass is 466 g/mol. The topological polar surface area (TPSA) is 71.3 Å². The minimum Gasteiger partial charge on any atom is -0.494 e. The minimum absolute atomic E-state index is 0.0108. The fourth-order valence-corrected chi connectivity index (χ4v) is 3.09. The molecule has 0 aliphatic carbocycles. The van der Waals surface area contributed by atoms with Crippen molar-refractivity contribution in [3.05, 3.63) is 93.5 Å². The smallest absolute Gasteiger partial charge is 0.266 e. The van der Waals surface area contributed by atoms with Gasteiger partial charge >= 0.3 is 0 Å². The highest BCUT2D eigenvalue weighted by molar-refractivity contribution is 6.42. The molecular weight excluding hydrogens is 447 g/mol. The predicted molar refractivity (Wildman–Crippen MR) is 127 cm³/mol. The van der Waals surface area contributed by atoms with E-state index in [1.165, 1.54) is 6.08 Å². The highest BCUT2D eigenvalue weighted by atomic mass is 35.5. The predicted octanol–water partition coefficient (Wildman–Crippen LogP) is 6.52. The Bertz CT molecular complexity index is 1150. The molecule has 162 valence electrons. The third kappa shape index (κ3) is 6.52. The van der Waals surface area contributed by atoms with Crippen LogP contribution in [-0.2, 0) is 11.4 Å². The van der Waals surface area contributed by atoms with Crippen molar-refractivity contribution < 1.29 is 14.3 Å². The number of ether oxygens (including phenoxy) is 2. The third-order valence-electron chi connectivity index (χ3n) is 4.37. The first-order chi connectivity index (χ1) is 15.5. The van der Waals surface area contributed by atoms with E-state index in [9.17, 15) is 10.1 Å². The summed E-state index contributed by atoms with van der Waals surface area (Å²) in [4.78, 5) is 12.5. The summed E-state index contributed by atoms with van der Waals surface area (Å²) in [6.45, 7) is 2.79. The van der Waals surface area contributed by atoms with Crippen LogP contribution in [0.3, 0.4) is 0 Å². The second kappa shape index (κ2) is 11.2. The van der Waals surface area contributed by atoms with Crippen molar-refractivity contribution >= 4 is 40.9 Å². The van der Waals surface area contributed by atoms with Gasteiger partial charge in [-0.3, -0.25) is 4.79 Å². The molecule has 0 aliphatic heterocycles. The quantitative estimate of drug-likeness (QED) is 0.303. The molecule has 0 aromatic heterocycles. The normalized spacial score (nSPS) is 10.9. The highest BCUT2D eigenvalue weighted by Crippen LogP contribution is 2.24. The number of nitrogens with zero attached hydrogens (tertiary/aromatic N) is 1. The summed E-state index contributed by atoms with van der Waals surface area (Å²) < 4.78 is 11.1. The Morgan fingerprint density at radius 1 is 0.969 bits per heavy atom. The molecule has 0 radical (unpaired) electrons. The van der Waals surface area contributed by atoms with Crippen molar-refractivity contribution in [1.29, 1.82) is 5.26 Å². The SMILES string of the molecule is CCOc1ccc(NC(=O)/C(C#N)=C\c2ccc(OCc3ccc(Cl)c(Cl)c3)cc2)cc1. The van der Waals surface area contributed by atoms with Crippen molar-refractivity contribution in [2.75, 3.05) is 11.9 Å². The van der Waals surface area contributed by atoms with E-state index in [0.717, 1.165) is 5.56 Å². The van der Waals surface area contributed by atoms with E-state index >= 15 is 0 Å². The van der Waals surface area contributed by atoms with E-state index in [0.29, 0.717) is 46.0 Å². The van der Waals surface area contributed by atoms with E-state index in [1.54, 1.807) is 60.7 Å². The van der Waals surface area contributed by atoms with Crippen LogP contribution in [0.2, 0.25) is 10.0 Å². The molecule has 3 rings (SSSR count). The van der Waals surface area contributed by atoms with Crippen LogP contribution < -0.4 is 14.8 Å². The lowest BCUT2D eigenvalue weighted by atomic mass is 10.1. The fourth-order valence-electron chi connectivity index (χ4n) is 2.77. The third-order valence-corrected chi connectivity index (χ3v) is 5.11. The number of anilines is 1. The Labute approximate surface area is 196 Å². The summed E-state index contributed by atoms with van der Waals surface area (Å²) in [5.41, 5.74) is 2.15. The summed E-state index contributed by atoms with van der Waals surface area (Å²) >= 11 is 11.9. The Morgan fingerprint density at radius 3 is 2.25 bits per heavy atom. The molecule has 0 bridgehead atoms. The zero-order valence-corrected chi connectivity index (χ0v) is 18.8. The van der Waals surface area contributed by atoms with Crippen molar-refractivity contribution in [2.24, 2.45) is 0 Å². The summed E-state index contributed by atoms with van der Waals surface area (Å²) in [6, 6.07) is 21.3. The lowest BCUT2D eigenvalue weighted by Gasteiger charge is -2.08. The van der Waals surface area contributed by atoms with Crippen LogP contribution in [0.4, 0.5) is 5.69 Å². The average molecular weight is 467 g/mol. The first kappa shape index (κ1) is 23.2. The van der Waals surface area contributed by atoms with Crippen LogP contribution in [-0.4, -0.2) is 12.5 Å². The Balaban J connectivity index is 1.61. The number of carbonyl (C=O) groups is 1. The van der Waals surface area contributed by atoms with E-state index in [-0.39, 0.29) is 5.57 Å². The maximum absolute atomic E-state index is 12.5. The van der Waals surface area contributed by atoms with Crippen LogP contribution in [0.5, 0.6) is 11.5 Å². The van der Waals surface area contributed by atoms with Gasteiger partial charge in [0.15, 0.2) is 0 Å². The van der Waals surface area contributed by atoms with Crippen molar-refractivity contribution in [3.8, 4) is 17.6 Å². The Morgan fingerprint density at radius 2 is 1.62 bits per heavy atom. The van der Waals surface area contributed by atoms with Gasteiger partial charge in [0.2, 0.25) is 0 Å². The van der Waals surface area contributed by atoms with E-state index < -0.39 is 5.91 Å². The van der Waals surface area contributed by atoms with Crippen LogP contribution in [0.15, 0.2) is 72.3 Å². The molecule has 0 spiro atoms. The number of hydrogen-bond donors (Lipinski definition) is 1. The number of benzene rings is 3. The molecule has 32 heavy (non-hydrogen) atoms. The van der Waals surface area contributed by atoms with Crippen molar-refractivity contribution in [1.82, 2.24) is 0 Å². The van der Waals surface area contributed by atoms with E-state index in [1.807, 2.05) is 19.1 Å². The number of rotatable bonds is 8. The maximum Gasteiger partial charge on any atom is 0.266 e. The second-order valence-electron chi connectivity index (χ2n) is 6.69. The Kier molecular flexibility index (Phi) is 8.15. The molecule has 1 amide bonds. The summed E-state index contributed by atoms with van der Waals surface area (Å²) in [5.74, 6) is 0.866. The van der Waals surface area contributed by atoms with E-state index in [4.69, 9.17) is 32.7 Å². The van der Waals surface area contributed by atoms with Crippen molar-refractivity contribution in [3.63, 3.8) is 0 Å². The molecule has 0 saturated carbocycles. The molecule has 5 nitrogen and oxygen atoms in total. The van der Waals surface area contributed by atoms with Gasteiger partial charge in [0, 0.05) is 5.69 Å². The molecule has 0 heterocycles. The molecule has 1 N–H and O–H groups in total. The fraction of sp³-hybridized carbons (Fsp3) is 0.120. The second-order valence-corrected chi connectivity index (χ2v) is 7.50. The number of halogens is 2. The first-order valence-electron chi connectivity index (χ1n) is 9.81. The molecule has 7 heteroatoms. The molecular formula is C25H20Cl2N2O3. The van der Waals surface area contributed by atoms with Gasteiger partial charge in [-0.2, -0.15) is 5.26 Å². The molecule has 3 aromatic carbocycles. The molecule has 3 aromatic rings. The van der Waals surface area contributed by atoms with Crippen LogP contribution in [0, 0.1) is 11.3 Å². The largest absolute Gasteiger partial charge is 0.494 e. The standard InChI is InChI=1S/C25H20Cl2N2O3/c1-2-31-21-10-6-20(7-11-21)29-25(30)19(15-28)13-17-3-8-22(9-4-17)32-16-18-5-12-23(26)24(27)14-18/h3-14H,2,16H2,1H3,(H,29,30)/b19-13-. The minimum atomic E-state index is -0.489. The van der Waals surface area contributed by atoms with Gasteiger partial charge in [-0.05, 0) is 72.7 Å². The molecule has 0 saturated heterocycles. The number of nitrogens with one attached hydrogen (secondary N) is 1. The highest BCUT2D eigenvalue weighted by Gasteiger charge is 2.10.